The van der Waals surface area contributed by atoms with E-state index in [2.05, 4.69) is 0 Å². The van der Waals surface area contributed by atoms with E-state index >= 15 is 0 Å². The van der Waals surface area contributed by atoms with Crippen LogP contribution >= 0.6 is 0 Å². The molecule has 5 rings (SSSR count). The first-order chi connectivity index (χ1) is 18.9. The van der Waals surface area contributed by atoms with E-state index in [1.54, 1.807) is 37.6 Å². The number of carbonyl (C=O) groups excluding carboxylic acids is 2. The Morgan fingerprint density at radius 3 is 2.52 bits per heavy atom. The van der Waals surface area contributed by atoms with Crippen LogP contribution in [0.25, 0.3) is 32.8 Å². The van der Waals surface area contributed by atoms with Gasteiger partial charge in [0.15, 0.2) is 12.2 Å². The Kier molecular flexibility index (Phi) is 6.61. The lowest BCUT2D eigenvalue weighted by Gasteiger charge is -2.43. The van der Waals surface area contributed by atoms with Gasteiger partial charge in [0, 0.05) is 25.4 Å². The van der Waals surface area contributed by atoms with Gasteiger partial charge >= 0.3 is 17.9 Å². The Labute approximate surface area is 228 Å². The lowest BCUT2D eigenvalue weighted by molar-refractivity contribution is -0.189. The number of methoxy groups -OCH3 is 1. The maximum atomic E-state index is 14.0. The molecule has 0 aliphatic carbocycles. The van der Waals surface area contributed by atoms with Gasteiger partial charge < -0.3 is 28.6 Å². The fraction of sp³-hybridized carbons (Fsp3) is 0.345. The Morgan fingerprint density at radius 1 is 1.12 bits per heavy atom. The molecule has 1 N–H and O–H groups in total. The molecule has 0 spiro atoms. The highest BCUT2D eigenvalue weighted by molar-refractivity contribution is 6.01. The Hall–Kier alpha value is -4.67. The van der Waals surface area contributed by atoms with E-state index in [0.29, 0.717) is 27.6 Å². The summed E-state index contributed by atoms with van der Waals surface area (Å²) in [6.07, 6.45) is -3.17. The molecular formula is C29H28N2O9. The number of aliphatic carboxylic acids is 1. The molecule has 3 heterocycles. The molecule has 0 radical (unpaired) electrons. The number of ether oxygens (including phenoxy) is 4. The summed E-state index contributed by atoms with van der Waals surface area (Å²) in [7, 11) is 3.16. The van der Waals surface area contributed by atoms with E-state index in [-0.39, 0.29) is 28.7 Å². The third-order valence-electron chi connectivity index (χ3n) is 7.03. The number of benzene rings is 2. The summed E-state index contributed by atoms with van der Waals surface area (Å²) < 4.78 is 25.1. The van der Waals surface area contributed by atoms with E-state index in [1.807, 2.05) is 24.3 Å². The van der Waals surface area contributed by atoms with Crippen LogP contribution in [-0.4, -0.2) is 51.4 Å². The molecule has 0 amide bonds. The molecule has 11 nitrogen and oxygen atoms in total. The summed E-state index contributed by atoms with van der Waals surface area (Å²) in [4.78, 5) is 54.8. The molecule has 0 bridgehead atoms. The second kappa shape index (κ2) is 9.82. The summed E-state index contributed by atoms with van der Waals surface area (Å²) in [6.45, 7) is 4.54. The van der Waals surface area contributed by atoms with Gasteiger partial charge in [0.25, 0.3) is 0 Å². The molecule has 11 heteroatoms. The number of hydrogen-bond acceptors (Lipinski definition) is 9. The van der Waals surface area contributed by atoms with Gasteiger partial charge in [-0.25, -0.2) is 4.98 Å². The predicted octanol–water partition coefficient (Wildman–Crippen LogP) is 3.80. The number of aromatic nitrogens is 2. The molecule has 40 heavy (non-hydrogen) atoms. The van der Waals surface area contributed by atoms with Crippen molar-refractivity contribution < 1.29 is 38.4 Å². The molecule has 208 valence electrons. The number of rotatable bonds is 6. The minimum Gasteiger partial charge on any atom is -0.496 e. The zero-order valence-corrected chi connectivity index (χ0v) is 22.6. The van der Waals surface area contributed by atoms with E-state index in [9.17, 15) is 19.2 Å². The molecule has 4 aromatic rings. The third kappa shape index (κ3) is 4.47. The summed E-state index contributed by atoms with van der Waals surface area (Å²) in [5.41, 5.74) is 0.144. The van der Waals surface area contributed by atoms with Gasteiger partial charge in [-0.3, -0.25) is 19.2 Å². The van der Waals surface area contributed by atoms with Gasteiger partial charge in [-0.05, 0) is 26.0 Å². The zero-order valence-electron chi connectivity index (χ0n) is 22.6. The number of nitrogens with zero attached hydrogens (tertiary/aromatic N) is 2. The van der Waals surface area contributed by atoms with Gasteiger partial charge in [-0.1, -0.05) is 18.2 Å². The molecular weight excluding hydrogens is 520 g/mol. The fourth-order valence-corrected chi connectivity index (χ4v) is 5.26. The molecule has 2 aromatic carbocycles. The molecule has 0 fully saturated rings. The maximum absolute atomic E-state index is 14.0. The molecule has 0 saturated carbocycles. The average molecular weight is 549 g/mol. The largest absolute Gasteiger partial charge is 0.496 e. The minimum atomic E-state index is -1.21. The zero-order chi connectivity index (χ0) is 28.9. The number of pyridine rings is 2. The molecule has 1 aliphatic rings. The third-order valence-corrected chi connectivity index (χ3v) is 7.03. The van der Waals surface area contributed by atoms with Crippen molar-refractivity contribution in [1.82, 2.24) is 9.55 Å². The summed E-state index contributed by atoms with van der Waals surface area (Å²) >= 11 is 0. The van der Waals surface area contributed by atoms with Crippen LogP contribution in [0.5, 0.6) is 11.5 Å². The van der Waals surface area contributed by atoms with Crippen LogP contribution in [0.1, 0.15) is 45.3 Å². The number of carboxylic acids is 1. The van der Waals surface area contributed by atoms with Crippen LogP contribution in [0.2, 0.25) is 0 Å². The Morgan fingerprint density at radius 2 is 1.85 bits per heavy atom. The second-order valence-corrected chi connectivity index (χ2v) is 10.2. The number of fused-ring (bicyclic) bond motifs is 5. The van der Waals surface area contributed by atoms with E-state index in [0.717, 1.165) is 5.39 Å². The van der Waals surface area contributed by atoms with Crippen LogP contribution in [0, 0.1) is 0 Å². The highest BCUT2D eigenvalue weighted by Crippen LogP contribution is 2.49. The van der Waals surface area contributed by atoms with Gasteiger partial charge in [0.05, 0.1) is 47.3 Å². The number of esters is 2. The van der Waals surface area contributed by atoms with Crippen molar-refractivity contribution in [1.29, 1.82) is 0 Å². The monoisotopic (exact) mass is 548 g/mol. The summed E-state index contributed by atoms with van der Waals surface area (Å²) in [5, 5.41) is 10.4. The smallest absolute Gasteiger partial charge is 0.306 e. The van der Waals surface area contributed by atoms with E-state index in [4.69, 9.17) is 29.0 Å². The Balaban J connectivity index is 1.83. The quantitative estimate of drug-likeness (QED) is 0.279. The SMILES string of the molecule is COc1cc2c(c3c1c(=O)c1cc4ccccc4nc1n3C)[C@@H](OC(C)=O)[C@@H](OC(=O)CCC(=O)O)C(C)(C)O2. The summed E-state index contributed by atoms with van der Waals surface area (Å²) in [6, 6.07) is 10.7. The lowest BCUT2D eigenvalue weighted by atomic mass is 9.86. The van der Waals surface area contributed by atoms with Crippen LogP contribution in [0.15, 0.2) is 41.2 Å². The van der Waals surface area contributed by atoms with Gasteiger partial charge in [-0.15, -0.1) is 0 Å². The molecule has 0 unspecified atom stereocenters. The van der Waals surface area contributed by atoms with Crippen molar-refractivity contribution in [3.05, 3.63) is 52.2 Å². The molecule has 2 atom stereocenters. The van der Waals surface area contributed by atoms with E-state index in [1.165, 1.54) is 14.0 Å². The van der Waals surface area contributed by atoms with Crippen molar-refractivity contribution in [2.45, 2.75) is 51.4 Å². The van der Waals surface area contributed by atoms with Gasteiger partial charge in [-0.2, -0.15) is 0 Å². The number of carbonyl (C=O) groups is 3. The normalized spacial score (nSPS) is 17.7. The molecule has 0 saturated heterocycles. The minimum absolute atomic E-state index is 0.213. The van der Waals surface area contributed by atoms with Crippen LogP contribution < -0.4 is 14.9 Å². The van der Waals surface area contributed by atoms with Crippen molar-refractivity contribution in [3.8, 4) is 11.5 Å². The number of hydrogen-bond donors (Lipinski definition) is 1. The lowest BCUT2D eigenvalue weighted by Crippen LogP contribution is -2.52. The highest BCUT2D eigenvalue weighted by atomic mass is 16.6. The van der Waals surface area contributed by atoms with E-state index < -0.39 is 42.1 Å². The number of para-hydroxylation sites is 1. The van der Waals surface area contributed by atoms with Crippen LogP contribution in [0.4, 0.5) is 0 Å². The first kappa shape index (κ1) is 26.9. The maximum Gasteiger partial charge on any atom is 0.306 e. The van der Waals surface area contributed by atoms with Gasteiger partial charge in [0.1, 0.15) is 22.7 Å². The molecule has 1 aliphatic heterocycles. The van der Waals surface area contributed by atoms with Crippen molar-refractivity contribution in [2.75, 3.05) is 7.11 Å². The Bertz CT molecular complexity index is 1770. The molecule has 2 aromatic heterocycles. The topological polar surface area (TPSA) is 143 Å². The second-order valence-electron chi connectivity index (χ2n) is 10.2. The first-order valence-corrected chi connectivity index (χ1v) is 12.6. The van der Waals surface area contributed by atoms with Crippen molar-refractivity contribution in [2.24, 2.45) is 7.05 Å². The van der Waals surface area contributed by atoms with Gasteiger partial charge in [0.2, 0.25) is 5.43 Å². The average Bonchev–Trinajstić information content (AvgIpc) is 2.90. The highest BCUT2D eigenvalue weighted by Gasteiger charge is 2.50. The van der Waals surface area contributed by atoms with Crippen molar-refractivity contribution in [3.63, 3.8) is 0 Å². The van der Waals surface area contributed by atoms with Crippen LogP contribution in [0.3, 0.4) is 0 Å². The first-order valence-electron chi connectivity index (χ1n) is 12.6. The number of carboxylic acid groups (broad SMARTS) is 1. The number of aryl methyl sites for hydroxylation is 1. The summed E-state index contributed by atoms with van der Waals surface area (Å²) in [5.74, 6) is -2.08. The fourth-order valence-electron chi connectivity index (χ4n) is 5.26. The van der Waals surface area contributed by atoms with Crippen molar-refractivity contribution >= 4 is 50.7 Å². The predicted molar refractivity (Wildman–Crippen MR) is 145 cm³/mol. The van der Waals surface area contributed by atoms with Crippen LogP contribution in [-0.2, 0) is 30.9 Å². The standard InChI is InChI=1S/C29H28N2O9/c1-14(32)38-26-23-19(40-29(2,3)27(26)39-21(35)11-10-20(33)34)13-18(37-5)22-24(23)31(4)28-16(25(22)36)12-15-8-6-7-9-17(15)30-28/h6-9,12-13,26-27H,10-11H2,1-5H3,(H,33,34)/t26-,27-/m1/s1.